The topological polar surface area (TPSA) is 232 Å². The maximum atomic E-state index is 10.3. The Morgan fingerprint density at radius 1 is 0.358 bits per heavy atom. The minimum Gasteiger partial charge on any atom is -0.550 e. The fourth-order valence-electron chi connectivity index (χ4n) is 6.14. The van der Waals surface area contributed by atoms with Crippen LogP contribution in [0.15, 0.2) is 0 Å². The summed E-state index contributed by atoms with van der Waals surface area (Å²) in [7, 11) is 0. The van der Waals surface area contributed by atoms with Crippen molar-refractivity contribution < 1.29 is 59.4 Å². The van der Waals surface area contributed by atoms with E-state index in [2.05, 4.69) is 83.1 Å². The third-order valence-electron chi connectivity index (χ3n) is 10.6. The number of aliphatic carboxylic acids is 6. The first kappa shape index (κ1) is 78.1. The molecule has 3 unspecified atom stereocenters. The summed E-state index contributed by atoms with van der Waals surface area (Å²) in [5.74, 6) is -5.37. The second kappa shape index (κ2) is 50.8. The van der Waals surface area contributed by atoms with Gasteiger partial charge in [-0.1, -0.05) is 181 Å². The van der Waals surface area contributed by atoms with Gasteiger partial charge in [0.2, 0.25) is 0 Å². The molecule has 0 spiro atoms. The van der Waals surface area contributed by atoms with Crippen LogP contribution in [0, 0.1) is 34.0 Å². The predicted molar refractivity (Wildman–Crippen MR) is 271 cm³/mol. The second-order valence-corrected chi connectivity index (χ2v) is 21.2. The zero-order valence-corrected chi connectivity index (χ0v) is 45.9. The van der Waals surface area contributed by atoms with Crippen molar-refractivity contribution in [2.45, 2.75) is 277 Å². The Morgan fingerprint density at radius 2 is 0.552 bits per heavy atom. The molecule has 396 valence electrons. The first-order valence-corrected chi connectivity index (χ1v) is 25.7. The average molecular weight is 957 g/mol. The molecule has 0 fully saturated rings. The van der Waals surface area contributed by atoms with E-state index in [0.717, 1.165) is 116 Å². The van der Waals surface area contributed by atoms with Gasteiger partial charge in [-0.3, -0.25) is 14.4 Å². The van der Waals surface area contributed by atoms with E-state index in [1.807, 2.05) is 20.8 Å². The Labute approximate surface area is 413 Å². The van der Waals surface area contributed by atoms with Crippen molar-refractivity contribution >= 4 is 44.2 Å². The third-order valence-corrected chi connectivity index (χ3v) is 10.6. The molecule has 67 heavy (non-hydrogen) atoms. The summed E-state index contributed by atoms with van der Waals surface area (Å²) >= 11 is 0. The molecule has 13 heteroatoms. The van der Waals surface area contributed by atoms with Crippen molar-refractivity contribution in [3.63, 3.8) is 0 Å². The first-order valence-electron chi connectivity index (χ1n) is 25.7. The first-order chi connectivity index (χ1) is 30.4. The summed E-state index contributed by atoms with van der Waals surface area (Å²) in [6.45, 7) is 31.7. The summed E-state index contributed by atoms with van der Waals surface area (Å²) in [5, 5.41) is 56.1. The number of unbranched alkanes of at least 4 members (excludes halogenated alkanes) is 9. The van der Waals surface area contributed by atoms with Gasteiger partial charge in [-0.2, -0.15) is 0 Å². The predicted octanol–water partition coefficient (Wildman–Crippen LogP) is 11.7. The normalized spacial score (nSPS) is 12.0. The molecule has 0 aromatic heterocycles. The van der Waals surface area contributed by atoms with Gasteiger partial charge in [0.25, 0.3) is 0 Å². The number of carbonyl (C=O) groups is 6. The summed E-state index contributed by atoms with van der Waals surface area (Å²) in [5.41, 5.74) is 1.18. The van der Waals surface area contributed by atoms with Crippen LogP contribution in [0.1, 0.15) is 277 Å². The Bertz CT molecular complexity index is 1030. The van der Waals surface area contributed by atoms with Crippen molar-refractivity contribution in [3.8, 4) is 0 Å². The Hall–Kier alpha value is -3.12. The third kappa shape index (κ3) is 80.3. The van der Waals surface area contributed by atoms with Gasteiger partial charge < -0.3 is 45.0 Å². The molecular weight excluding hydrogens is 851 g/mol. The van der Waals surface area contributed by atoms with Crippen LogP contribution in [0.4, 0.5) is 0 Å². The molecule has 3 atom stereocenters. The molecule has 12 nitrogen and oxygen atoms in total. The van der Waals surface area contributed by atoms with Crippen molar-refractivity contribution in [1.82, 2.24) is 0 Å². The summed E-state index contributed by atoms with van der Waals surface area (Å²) in [6.07, 6.45) is 24.2. The van der Waals surface area contributed by atoms with Crippen LogP contribution in [-0.2, 0) is 28.8 Å². The number of carbonyl (C=O) groups excluding carboxylic acids is 3. The van der Waals surface area contributed by atoms with Gasteiger partial charge in [-0.25, -0.2) is 0 Å². The van der Waals surface area contributed by atoms with E-state index < -0.39 is 35.8 Å². The van der Waals surface area contributed by atoms with Crippen LogP contribution in [0.25, 0.3) is 0 Å². The Kier molecular flexibility index (Phi) is 59.1. The molecule has 3 N–H and O–H groups in total. The van der Waals surface area contributed by atoms with E-state index in [9.17, 15) is 44.1 Å². The van der Waals surface area contributed by atoms with Crippen molar-refractivity contribution in [3.05, 3.63) is 0 Å². The molecule has 0 aliphatic carbocycles. The molecule has 0 aliphatic heterocycles. The zero-order valence-electron chi connectivity index (χ0n) is 45.9. The molecule has 0 heterocycles. The maximum absolute atomic E-state index is 10.3. The van der Waals surface area contributed by atoms with Crippen LogP contribution in [0.3, 0.4) is 0 Å². The van der Waals surface area contributed by atoms with E-state index >= 15 is 0 Å². The number of carboxylic acids is 6. The van der Waals surface area contributed by atoms with Crippen LogP contribution >= 0.6 is 0 Å². The number of carboxylic acid groups (broad SMARTS) is 6. The van der Waals surface area contributed by atoms with Gasteiger partial charge in [0, 0.05) is 37.2 Å². The minimum absolute atomic E-state index is 0. The number of hydrogen-bond donors (Lipinski definition) is 3. The van der Waals surface area contributed by atoms with Gasteiger partial charge in [0.05, 0.1) is 0 Å². The summed E-state index contributed by atoms with van der Waals surface area (Å²) in [4.78, 5) is 61.5. The smallest absolute Gasteiger partial charge is 0.550 e. The van der Waals surface area contributed by atoms with Gasteiger partial charge >= 0.3 is 26.3 Å². The molecule has 0 saturated heterocycles. The van der Waals surface area contributed by atoms with Gasteiger partial charge in [-0.15, -0.1) is 0 Å². The van der Waals surface area contributed by atoms with Crippen molar-refractivity contribution in [2.75, 3.05) is 0 Å². The standard InChI is InChI=1S/3C10H20O2.3C8H16O2.B/c3*1-10(2,3)8-6-4-5-7-9(11)12;3*1-3-5-6-7(4-2)8(9)10;/h3*4-8H2,1-3H3,(H,11,12);3*7H,3-6H2,1-2H3,(H,9,10);/q;;;;;;+3/p-3. The monoisotopic (exact) mass is 957 g/mol. The number of hydrogen-bond acceptors (Lipinski definition) is 9. The van der Waals surface area contributed by atoms with Crippen molar-refractivity contribution in [1.29, 1.82) is 0 Å². The van der Waals surface area contributed by atoms with E-state index in [1.165, 1.54) is 19.3 Å². The molecule has 0 aromatic rings. The van der Waals surface area contributed by atoms with Gasteiger partial charge in [-0.05, 0) is 111 Å². The van der Waals surface area contributed by atoms with Crippen LogP contribution in [-0.4, -0.2) is 59.5 Å². The van der Waals surface area contributed by atoms with E-state index in [0.29, 0.717) is 54.8 Å². The fraction of sp³-hybridized carbons (Fsp3) is 0.889. The van der Waals surface area contributed by atoms with E-state index in [1.54, 1.807) is 0 Å². The molecule has 0 rings (SSSR count). The molecule has 0 amide bonds. The summed E-state index contributed by atoms with van der Waals surface area (Å²) in [6, 6.07) is 0. The Balaban J connectivity index is -0.000000129. The zero-order chi connectivity index (χ0) is 52.8. The molecule has 0 aromatic carbocycles. The van der Waals surface area contributed by atoms with Crippen molar-refractivity contribution in [2.24, 2.45) is 34.0 Å². The van der Waals surface area contributed by atoms with Crippen LogP contribution in [0.5, 0.6) is 0 Å². The molecule has 0 radical (unpaired) electrons. The minimum atomic E-state index is -0.893. The fourth-order valence-corrected chi connectivity index (χ4v) is 6.14. The maximum Gasteiger partial charge on any atom is 3.00 e. The molecule has 0 saturated carbocycles. The van der Waals surface area contributed by atoms with E-state index in [-0.39, 0.29) is 26.2 Å². The molecular formula is C54H105BO12. The van der Waals surface area contributed by atoms with Crippen LogP contribution in [0.2, 0.25) is 0 Å². The second-order valence-electron chi connectivity index (χ2n) is 21.2. The van der Waals surface area contributed by atoms with E-state index in [4.69, 9.17) is 15.3 Å². The van der Waals surface area contributed by atoms with Gasteiger partial charge in [0.15, 0.2) is 0 Å². The molecule has 0 aliphatic rings. The van der Waals surface area contributed by atoms with Gasteiger partial charge in [0.1, 0.15) is 0 Å². The SMILES string of the molecule is CC(C)(C)CCCCCC(=O)O.CC(C)(C)CCCCCC(=O)O.CC(C)(C)CCCCCC(=O)O.CCCCC(CC)C(=O)[O-].CCCCC(CC)C(=O)[O-].CCCCC(CC)C(=O)[O-].[B+3]. The number of rotatable bonds is 30. The quantitative estimate of drug-likeness (QED) is 0.0451. The Morgan fingerprint density at radius 3 is 0.672 bits per heavy atom. The largest absolute Gasteiger partial charge is 3.00 e. The molecule has 0 bridgehead atoms. The average Bonchev–Trinajstić information content (AvgIpc) is 3.17. The van der Waals surface area contributed by atoms with Crippen LogP contribution < -0.4 is 15.3 Å². The summed E-state index contributed by atoms with van der Waals surface area (Å²) < 4.78 is 0.